The maximum Gasteiger partial charge on any atom is 0.246 e. The number of nitrogens with one attached hydrogen (secondary N) is 1. The molecule has 5 nitrogen and oxygen atoms in total. The van der Waals surface area contributed by atoms with Gasteiger partial charge in [-0.25, -0.2) is 0 Å². The lowest BCUT2D eigenvalue weighted by Crippen LogP contribution is -2.66. The van der Waals surface area contributed by atoms with Crippen molar-refractivity contribution in [2.45, 2.75) is 45.2 Å². The highest BCUT2D eigenvalue weighted by molar-refractivity contribution is 7.80. The fourth-order valence-corrected chi connectivity index (χ4v) is 2.29. The molecule has 0 aliphatic carbocycles. The number of nitrogens with zero attached hydrogens (tertiary/aromatic N) is 1. The molecule has 1 rings (SSSR count). The minimum atomic E-state index is -0.709. The van der Waals surface area contributed by atoms with Crippen molar-refractivity contribution in [1.82, 2.24) is 10.2 Å². The average Bonchev–Trinajstić information content (AvgIpc) is 2.20. The first-order valence-corrected chi connectivity index (χ1v) is 6.09. The Morgan fingerprint density at radius 3 is 2.65 bits per heavy atom. The second-order valence-electron chi connectivity index (χ2n) is 4.80. The van der Waals surface area contributed by atoms with Crippen LogP contribution in [-0.4, -0.2) is 39.8 Å². The number of nitrogens with two attached hydrogens (primary N) is 1. The fraction of sp³-hybridized carbons (Fsp3) is 0.727. The maximum atomic E-state index is 11.8. The third-order valence-corrected chi connectivity index (χ3v) is 3.36. The Hall–Kier alpha value is -1.01. The van der Waals surface area contributed by atoms with Crippen LogP contribution in [0, 0.1) is 0 Å². The van der Waals surface area contributed by atoms with Gasteiger partial charge in [0.15, 0.2) is 0 Å². The van der Waals surface area contributed by atoms with Gasteiger partial charge in [-0.1, -0.05) is 19.1 Å². The minimum absolute atomic E-state index is 0.0255. The van der Waals surface area contributed by atoms with Crippen molar-refractivity contribution in [2.24, 2.45) is 5.73 Å². The Morgan fingerprint density at radius 2 is 2.18 bits per heavy atom. The van der Waals surface area contributed by atoms with E-state index in [1.807, 2.05) is 11.8 Å². The van der Waals surface area contributed by atoms with E-state index in [1.165, 1.54) is 0 Å². The second kappa shape index (κ2) is 5.10. The zero-order valence-corrected chi connectivity index (χ0v) is 11.3. The molecule has 2 amide bonds. The topological polar surface area (TPSA) is 75.4 Å². The molecule has 1 aliphatic heterocycles. The van der Waals surface area contributed by atoms with Crippen LogP contribution in [0.5, 0.6) is 0 Å². The zero-order chi connectivity index (χ0) is 13.2. The van der Waals surface area contributed by atoms with Crippen LogP contribution in [0.4, 0.5) is 0 Å². The Morgan fingerprint density at radius 1 is 1.59 bits per heavy atom. The quantitative estimate of drug-likeness (QED) is 0.555. The zero-order valence-electron chi connectivity index (χ0n) is 10.4. The van der Waals surface area contributed by atoms with Gasteiger partial charge in [-0.2, -0.15) is 0 Å². The largest absolute Gasteiger partial charge is 0.393 e. The van der Waals surface area contributed by atoms with Crippen LogP contribution in [0.2, 0.25) is 0 Å². The van der Waals surface area contributed by atoms with Crippen molar-refractivity contribution in [1.29, 1.82) is 0 Å². The van der Waals surface area contributed by atoms with Crippen molar-refractivity contribution in [3.8, 4) is 0 Å². The van der Waals surface area contributed by atoms with Crippen LogP contribution >= 0.6 is 12.2 Å². The van der Waals surface area contributed by atoms with Crippen LogP contribution in [-0.2, 0) is 9.59 Å². The van der Waals surface area contributed by atoms with Crippen molar-refractivity contribution < 1.29 is 9.59 Å². The van der Waals surface area contributed by atoms with Crippen LogP contribution < -0.4 is 11.1 Å². The van der Waals surface area contributed by atoms with E-state index in [9.17, 15) is 9.59 Å². The molecule has 0 aromatic rings. The van der Waals surface area contributed by atoms with Gasteiger partial charge in [0.1, 0.15) is 0 Å². The summed E-state index contributed by atoms with van der Waals surface area (Å²) in [4.78, 5) is 25.5. The number of hydrogen-bond acceptors (Lipinski definition) is 4. The molecule has 0 bridgehead atoms. The smallest absolute Gasteiger partial charge is 0.246 e. The monoisotopic (exact) mass is 257 g/mol. The summed E-state index contributed by atoms with van der Waals surface area (Å²) in [6, 6.07) is 0.0255. The maximum absolute atomic E-state index is 11.8. The Labute approximate surface area is 107 Å². The van der Waals surface area contributed by atoms with Crippen LogP contribution in [0.1, 0.15) is 33.6 Å². The number of amides is 2. The summed E-state index contributed by atoms with van der Waals surface area (Å²) in [5, 5.41) is 2.35. The summed E-state index contributed by atoms with van der Waals surface area (Å²) in [5.74, 6) is -0.536. The van der Waals surface area contributed by atoms with Crippen LogP contribution in [0.15, 0.2) is 0 Å². The number of thiocarbonyl (C=S) groups is 1. The van der Waals surface area contributed by atoms with Gasteiger partial charge in [0.05, 0.1) is 17.1 Å². The van der Waals surface area contributed by atoms with E-state index >= 15 is 0 Å². The van der Waals surface area contributed by atoms with Gasteiger partial charge in [-0.05, 0) is 20.3 Å². The lowest BCUT2D eigenvalue weighted by atomic mass is 9.94. The molecule has 96 valence electrons. The van der Waals surface area contributed by atoms with Crippen molar-refractivity contribution in [3.05, 3.63) is 0 Å². The van der Waals surface area contributed by atoms with E-state index in [-0.39, 0.29) is 24.4 Å². The highest BCUT2D eigenvalue weighted by Gasteiger charge is 2.43. The molecule has 17 heavy (non-hydrogen) atoms. The van der Waals surface area contributed by atoms with Gasteiger partial charge >= 0.3 is 0 Å². The van der Waals surface area contributed by atoms with Crippen molar-refractivity contribution in [3.63, 3.8) is 0 Å². The van der Waals surface area contributed by atoms with Gasteiger partial charge in [0, 0.05) is 12.5 Å². The minimum Gasteiger partial charge on any atom is -0.393 e. The standard InChI is InChI=1S/C11H19N3O2S/c1-4-7(5-8(12)17)14-6-9(15)13-10(16)11(14,2)3/h7H,4-6H2,1-3H3,(H2,12,17)(H,13,15,16). The molecular weight excluding hydrogens is 238 g/mol. The van der Waals surface area contributed by atoms with Gasteiger partial charge in [-0.3, -0.25) is 19.8 Å². The number of rotatable bonds is 4. The summed E-state index contributed by atoms with van der Waals surface area (Å²) in [6.07, 6.45) is 1.32. The van der Waals surface area contributed by atoms with E-state index in [0.717, 1.165) is 6.42 Å². The normalized spacial score (nSPS) is 22.1. The van der Waals surface area contributed by atoms with Crippen LogP contribution in [0.25, 0.3) is 0 Å². The summed E-state index contributed by atoms with van der Waals surface area (Å²) < 4.78 is 0. The summed E-state index contributed by atoms with van der Waals surface area (Å²) >= 11 is 4.91. The predicted molar refractivity (Wildman–Crippen MR) is 69.4 cm³/mol. The number of piperazine rings is 1. The Kier molecular flexibility index (Phi) is 4.21. The molecule has 1 heterocycles. The molecule has 0 aromatic heterocycles. The highest BCUT2D eigenvalue weighted by Crippen LogP contribution is 2.24. The highest BCUT2D eigenvalue weighted by atomic mass is 32.1. The average molecular weight is 257 g/mol. The number of carbonyl (C=O) groups is 2. The van der Waals surface area contributed by atoms with E-state index < -0.39 is 5.54 Å². The molecule has 1 aliphatic rings. The van der Waals surface area contributed by atoms with E-state index in [0.29, 0.717) is 11.4 Å². The van der Waals surface area contributed by atoms with Gasteiger partial charge in [-0.15, -0.1) is 0 Å². The Bertz CT molecular complexity index is 355. The molecular formula is C11H19N3O2S. The predicted octanol–water partition coefficient (Wildman–Crippen LogP) is 0.178. The van der Waals surface area contributed by atoms with Gasteiger partial charge in [0.2, 0.25) is 11.8 Å². The Balaban J connectivity index is 2.94. The van der Waals surface area contributed by atoms with Crippen LogP contribution in [0.3, 0.4) is 0 Å². The van der Waals surface area contributed by atoms with E-state index in [4.69, 9.17) is 18.0 Å². The molecule has 1 fully saturated rings. The first kappa shape index (κ1) is 14.1. The van der Waals surface area contributed by atoms with Crippen molar-refractivity contribution >= 4 is 29.0 Å². The second-order valence-corrected chi connectivity index (χ2v) is 5.32. The van der Waals surface area contributed by atoms with E-state index in [2.05, 4.69) is 5.32 Å². The molecule has 0 saturated carbocycles. The summed E-state index contributed by atoms with van der Waals surface area (Å²) in [6.45, 7) is 5.81. The summed E-state index contributed by atoms with van der Waals surface area (Å²) in [5.41, 5.74) is 4.84. The molecule has 0 spiro atoms. The number of imide groups is 1. The molecule has 0 aromatic carbocycles. The third kappa shape index (κ3) is 3.01. The molecule has 6 heteroatoms. The molecule has 1 unspecified atom stereocenters. The molecule has 0 radical (unpaired) electrons. The molecule has 3 N–H and O–H groups in total. The van der Waals surface area contributed by atoms with Gasteiger partial charge in [0.25, 0.3) is 0 Å². The first-order chi connectivity index (χ1) is 7.78. The summed E-state index contributed by atoms with van der Waals surface area (Å²) in [7, 11) is 0. The third-order valence-electron chi connectivity index (χ3n) is 3.19. The number of carbonyl (C=O) groups excluding carboxylic acids is 2. The van der Waals surface area contributed by atoms with Crippen molar-refractivity contribution in [2.75, 3.05) is 6.54 Å². The lowest BCUT2D eigenvalue weighted by molar-refractivity contribution is -0.147. The lowest BCUT2D eigenvalue weighted by Gasteiger charge is -2.44. The first-order valence-electron chi connectivity index (χ1n) is 5.68. The van der Waals surface area contributed by atoms with Gasteiger partial charge < -0.3 is 5.73 Å². The molecule has 1 saturated heterocycles. The van der Waals surface area contributed by atoms with E-state index in [1.54, 1.807) is 13.8 Å². The molecule has 1 atom stereocenters. The fourth-order valence-electron chi connectivity index (χ4n) is 2.09. The number of hydrogen-bond donors (Lipinski definition) is 2. The SMILES string of the molecule is CCC(CC(N)=S)N1CC(=O)NC(=O)C1(C)C.